The number of amides is 1. The highest BCUT2D eigenvalue weighted by atomic mass is 16.1. The van der Waals surface area contributed by atoms with Gasteiger partial charge in [-0.25, -0.2) is 0 Å². The minimum Gasteiger partial charge on any atom is -0.381 e. The lowest BCUT2D eigenvalue weighted by atomic mass is 10.1. The predicted molar refractivity (Wildman–Crippen MR) is 87.5 cm³/mol. The molecule has 1 amide bonds. The summed E-state index contributed by atoms with van der Waals surface area (Å²) in [5, 5.41) is 6.24. The summed E-state index contributed by atoms with van der Waals surface area (Å²) in [6, 6.07) is 16.2. The van der Waals surface area contributed by atoms with E-state index in [4.69, 9.17) is 0 Å². The van der Waals surface area contributed by atoms with Gasteiger partial charge in [-0.1, -0.05) is 29.8 Å². The van der Waals surface area contributed by atoms with Gasteiger partial charge in [-0.3, -0.25) is 4.79 Å². The van der Waals surface area contributed by atoms with E-state index in [0.717, 1.165) is 12.2 Å². The second-order valence-corrected chi connectivity index (χ2v) is 5.54. The number of carbonyl (C=O) groups is 1. The summed E-state index contributed by atoms with van der Waals surface area (Å²) >= 11 is 0. The Morgan fingerprint density at radius 3 is 2.19 bits per heavy atom. The third-order valence-electron chi connectivity index (χ3n) is 3.18. The van der Waals surface area contributed by atoms with Crippen molar-refractivity contribution in [3.05, 3.63) is 65.2 Å². The molecular weight excluding hydrogens is 260 g/mol. The molecule has 0 aliphatic heterocycles. The van der Waals surface area contributed by atoms with E-state index in [1.807, 2.05) is 38.1 Å². The van der Waals surface area contributed by atoms with Gasteiger partial charge in [-0.2, -0.15) is 0 Å². The van der Waals surface area contributed by atoms with Crippen molar-refractivity contribution >= 4 is 11.6 Å². The fourth-order valence-electron chi connectivity index (χ4n) is 2.00. The van der Waals surface area contributed by atoms with Crippen molar-refractivity contribution in [3.63, 3.8) is 0 Å². The van der Waals surface area contributed by atoms with Crippen LogP contribution in [-0.2, 0) is 6.54 Å². The van der Waals surface area contributed by atoms with Crippen LogP contribution in [0.1, 0.15) is 35.3 Å². The number of nitrogens with one attached hydrogen (secondary N) is 2. The molecule has 0 atom stereocenters. The van der Waals surface area contributed by atoms with Crippen molar-refractivity contribution in [2.75, 3.05) is 5.32 Å². The Morgan fingerprint density at radius 2 is 1.62 bits per heavy atom. The molecule has 21 heavy (non-hydrogen) atoms. The molecule has 110 valence electrons. The molecule has 0 spiro atoms. The zero-order valence-electron chi connectivity index (χ0n) is 12.8. The standard InChI is InChI=1S/C18H22N2O/c1-13(2)20-18(21)16-8-10-17(11-9-16)19-12-15-6-4-14(3)5-7-15/h4-11,13,19H,12H2,1-3H3,(H,20,21). The Bertz CT molecular complexity index is 586. The number of hydrogen-bond acceptors (Lipinski definition) is 2. The number of hydrogen-bond donors (Lipinski definition) is 2. The van der Waals surface area contributed by atoms with Gasteiger partial charge in [0.1, 0.15) is 0 Å². The van der Waals surface area contributed by atoms with Gasteiger partial charge in [0, 0.05) is 23.8 Å². The lowest BCUT2D eigenvalue weighted by Gasteiger charge is -2.10. The maximum atomic E-state index is 11.8. The summed E-state index contributed by atoms with van der Waals surface area (Å²) in [5.41, 5.74) is 4.20. The van der Waals surface area contributed by atoms with E-state index in [-0.39, 0.29) is 11.9 Å². The first kappa shape index (κ1) is 15.1. The zero-order valence-corrected chi connectivity index (χ0v) is 12.8. The van der Waals surface area contributed by atoms with Gasteiger partial charge < -0.3 is 10.6 Å². The van der Waals surface area contributed by atoms with Crippen LogP contribution in [0.15, 0.2) is 48.5 Å². The van der Waals surface area contributed by atoms with Crippen molar-refractivity contribution in [1.29, 1.82) is 0 Å². The molecule has 0 bridgehead atoms. The zero-order chi connectivity index (χ0) is 15.2. The summed E-state index contributed by atoms with van der Waals surface area (Å²) in [6.07, 6.45) is 0. The smallest absolute Gasteiger partial charge is 0.251 e. The summed E-state index contributed by atoms with van der Waals surface area (Å²) in [7, 11) is 0. The Hall–Kier alpha value is -2.29. The SMILES string of the molecule is Cc1ccc(CNc2ccc(C(=O)NC(C)C)cc2)cc1. The normalized spacial score (nSPS) is 10.5. The number of rotatable bonds is 5. The van der Waals surface area contributed by atoms with Crippen molar-refractivity contribution < 1.29 is 4.79 Å². The van der Waals surface area contributed by atoms with Gasteiger partial charge >= 0.3 is 0 Å². The van der Waals surface area contributed by atoms with E-state index in [1.165, 1.54) is 11.1 Å². The van der Waals surface area contributed by atoms with Gasteiger partial charge in [-0.15, -0.1) is 0 Å². The molecule has 0 aliphatic carbocycles. The van der Waals surface area contributed by atoms with Crippen LogP contribution in [0.25, 0.3) is 0 Å². The minimum absolute atomic E-state index is 0.0323. The molecule has 0 radical (unpaired) electrons. The van der Waals surface area contributed by atoms with E-state index in [0.29, 0.717) is 5.56 Å². The van der Waals surface area contributed by atoms with Crippen LogP contribution in [-0.4, -0.2) is 11.9 Å². The van der Waals surface area contributed by atoms with E-state index < -0.39 is 0 Å². The molecule has 2 aromatic rings. The fraction of sp³-hybridized carbons (Fsp3) is 0.278. The Kier molecular flexibility index (Phi) is 4.99. The van der Waals surface area contributed by atoms with Crippen LogP contribution in [0.5, 0.6) is 0 Å². The van der Waals surface area contributed by atoms with Crippen LogP contribution < -0.4 is 10.6 Å². The highest BCUT2D eigenvalue weighted by molar-refractivity contribution is 5.94. The van der Waals surface area contributed by atoms with Crippen molar-refractivity contribution in [2.24, 2.45) is 0 Å². The quantitative estimate of drug-likeness (QED) is 0.877. The number of aryl methyl sites for hydroxylation is 1. The van der Waals surface area contributed by atoms with Gasteiger partial charge in [-0.05, 0) is 50.6 Å². The summed E-state index contributed by atoms with van der Waals surface area (Å²) in [4.78, 5) is 11.8. The van der Waals surface area contributed by atoms with Gasteiger partial charge in [0.2, 0.25) is 0 Å². The monoisotopic (exact) mass is 282 g/mol. The Balaban J connectivity index is 1.93. The third-order valence-corrected chi connectivity index (χ3v) is 3.18. The lowest BCUT2D eigenvalue weighted by Crippen LogP contribution is -2.29. The first-order chi connectivity index (χ1) is 10.0. The molecular formula is C18H22N2O. The molecule has 2 N–H and O–H groups in total. The van der Waals surface area contributed by atoms with Gasteiger partial charge in [0.05, 0.1) is 0 Å². The molecule has 2 aromatic carbocycles. The van der Waals surface area contributed by atoms with Crippen molar-refractivity contribution in [1.82, 2.24) is 5.32 Å². The molecule has 0 saturated heterocycles. The van der Waals surface area contributed by atoms with Gasteiger partial charge in [0.25, 0.3) is 5.91 Å². The van der Waals surface area contributed by atoms with Crippen molar-refractivity contribution in [2.45, 2.75) is 33.4 Å². The first-order valence-corrected chi connectivity index (χ1v) is 7.25. The molecule has 3 nitrogen and oxygen atoms in total. The average molecular weight is 282 g/mol. The molecule has 0 aliphatic rings. The summed E-state index contributed by atoms with van der Waals surface area (Å²) < 4.78 is 0. The molecule has 0 aromatic heterocycles. The number of benzene rings is 2. The molecule has 0 heterocycles. The number of carbonyl (C=O) groups excluding carboxylic acids is 1. The first-order valence-electron chi connectivity index (χ1n) is 7.25. The fourth-order valence-corrected chi connectivity index (χ4v) is 2.00. The van der Waals surface area contributed by atoms with Crippen molar-refractivity contribution in [3.8, 4) is 0 Å². The highest BCUT2D eigenvalue weighted by Gasteiger charge is 2.06. The van der Waals surface area contributed by atoms with E-state index in [9.17, 15) is 4.79 Å². The van der Waals surface area contributed by atoms with Crippen LogP contribution >= 0.6 is 0 Å². The molecule has 3 heteroatoms. The summed E-state index contributed by atoms with van der Waals surface area (Å²) in [5.74, 6) is -0.0323. The maximum Gasteiger partial charge on any atom is 0.251 e. The highest BCUT2D eigenvalue weighted by Crippen LogP contribution is 2.12. The largest absolute Gasteiger partial charge is 0.381 e. The lowest BCUT2D eigenvalue weighted by molar-refractivity contribution is 0.0943. The number of anilines is 1. The molecule has 0 fully saturated rings. The van der Waals surface area contributed by atoms with E-state index in [2.05, 4.69) is 41.8 Å². The Labute approximate surface area is 126 Å². The van der Waals surface area contributed by atoms with Gasteiger partial charge in [0.15, 0.2) is 0 Å². The molecule has 0 unspecified atom stereocenters. The van der Waals surface area contributed by atoms with Crippen LogP contribution in [0, 0.1) is 6.92 Å². The predicted octanol–water partition coefficient (Wildman–Crippen LogP) is 3.75. The molecule has 0 saturated carbocycles. The Morgan fingerprint density at radius 1 is 1.00 bits per heavy atom. The van der Waals surface area contributed by atoms with Crippen LogP contribution in [0.2, 0.25) is 0 Å². The maximum absolute atomic E-state index is 11.8. The topological polar surface area (TPSA) is 41.1 Å². The van der Waals surface area contributed by atoms with E-state index >= 15 is 0 Å². The second kappa shape index (κ2) is 6.93. The average Bonchev–Trinajstić information content (AvgIpc) is 2.46. The van der Waals surface area contributed by atoms with Crippen LogP contribution in [0.4, 0.5) is 5.69 Å². The minimum atomic E-state index is -0.0323. The summed E-state index contributed by atoms with van der Waals surface area (Å²) in [6.45, 7) is 6.76. The molecule has 2 rings (SSSR count). The van der Waals surface area contributed by atoms with E-state index in [1.54, 1.807) is 0 Å². The van der Waals surface area contributed by atoms with Crippen LogP contribution in [0.3, 0.4) is 0 Å². The third kappa shape index (κ3) is 4.63. The second-order valence-electron chi connectivity index (χ2n) is 5.54.